The summed E-state index contributed by atoms with van der Waals surface area (Å²) in [4.78, 5) is 13.6. The Balaban J connectivity index is 2.16. The van der Waals surface area contributed by atoms with E-state index in [1.54, 1.807) is 18.2 Å². The Hall–Kier alpha value is -1.86. The highest BCUT2D eigenvalue weighted by Gasteiger charge is 2.12. The maximum atomic E-state index is 12.0. The minimum Gasteiger partial charge on any atom is -0.398 e. The van der Waals surface area contributed by atoms with Crippen LogP contribution < -0.4 is 11.1 Å². The number of nitrogens with one attached hydrogen (secondary N) is 1. The molecule has 20 heavy (non-hydrogen) atoms. The van der Waals surface area contributed by atoms with E-state index >= 15 is 0 Å². The Morgan fingerprint density at radius 2 is 1.85 bits per heavy atom. The molecule has 0 bridgehead atoms. The van der Waals surface area contributed by atoms with E-state index in [4.69, 9.17) is 5.73 Å². The first-order valence-electron chi connectivity index (χ1n) is 5.75. The van der Waals surface area contributed by atoms with Crippen molar-refractivity contribution in [2.45, 2.75) is 11.8 Å². The second-order valence-electron chi connectivity index (χ2n) is 4.37. The number of nitrogens with two attached hydrogens (primary N) is 1. The number of amides is 1. The van der Waals surface area contributed by atoms with Crippen molar-refractivity contribution in [2.24, 2.45) is 0 Å². The number of benzene rings is 1. The molecule has 0 saturated heterocycles. The lowest BCUT2D eigenvalue weighted by molar-refractivity contribution is 0.103. The minimum atomic E-state index is -3.23. The van der Waals surface area contributed by atoms with Crippen LogP contribution in [0.2, 0.25) is 0 Å². The standard InChI is InChI=1S/C13H14N2O3S2/c1-8-11(14)7-12(19-8)13(16)15-9-3-5-10(6-4-9)20(2,17)18/h3-7H,14H2,1-2H3,(H,15,16). The number of hydrogen-bond acceptors (Lipinski definition) is 5. The number of aryl methyl sites for hydroxylation is 1. The predicted octanol–water partition coefficient (Wildman–Crippen LogP) is 2.29. The van der Waals surface area contributed by atoms with Crippen LogP contribution in [0, 0.1) is 6.92 Å². The van der Waals surface area contributed by atoms with Crippen molar-refractivity contribution >= 4 is 38.5 Å². The molecule has 106 valence electrons. The van der Waals surface area contributed by atoms with Crippen molar-refractivity contribution in [3.8, 4) is 0 Å². The van der Waals surface area contributed by atoms with Crippen LogP contribution in [0.4, 0.5) is 11.4 Å². The second-order valence-corrected chi connectivity index (χ2v) is 7.64. The number of carbonyl (C=O) groups is 1. The van der Waals surface area contributed by atoms with Gasteiger partial charge in [0, 0.05) is 22.5 Å². The summed E-state index contributed by atoms with van der Waals surface area (Å²) in [6.45, 7) is 1.84. The van der Waals surface area contributed by atoms with E-state index in [1.165, 1.54) is 23.5 Å². The highest BCUT2D eigenvalue weighted by molar-refractivity contribution is 7.90. The van der Waals surface area contributed by atoms with Gasteiger partial charge in [0.2, 0.25) is 0 Å². The SMILES string of the molecule is Cc1sc(C(=O)Nc2ccc(S(C)(=O)=O)cc2)cc1N. The fourth-order valence-electron chi connectivity index (χ4n) is 1.59. The first-order valence-corrected chi connectivity index (χ1v) is 8.45. The molecular weight excluding hydrogens is 296 g/mol. The Labute approximate surface area is 121 Å². The maximum absolute atomic E-state index is 12.0. The molecule has 1 aromatic heterocycles. The average Bonchev–Trinajstić information content (AvgIpc) is 2.69. The largest absolute Gasteiger partial charge is 0.398 e. The van der Waals surface area contributed by atoms with Crippen LogP contribution in [0.25, 0.3) is 0 Å². The molecule has 0 spiro atoms. The lowest BCUT2D eigenvalue weighted by atomic mass is 10.3. The molecule has 7 heteroatoms. The van der Waals surface area contributed by atoms with E-state index in [-0.39, 0.29) is 10.8 Å². The van der Waals surface area contributed by atoms with Crippen LogP contribution in [0.3, 0.4) is 0 Å². The van der Waals surface area contributed by atoms with Crippen LogP contribution in [0.15, 0.2) is 35.2 Å². The van der Waals surface area contributed by atoms with Crippen molar-refractivity contribution in [2.75, 3.05) is 17.3 Å². The first-order chi connectivity index (χ1) is 9.27. The van der Waals surface area contributed by atoms with Gasteiger partial charge >= 0.3 is 0 Å². The summed E-state index contributed by atoms with van der Waals surface area (Å²) in [5.74, 6) is -0.262. The Bertz CT molecular complexity index is 727. The normalized spacial score (nSPS) is 11.3. The van der Waals surface area contributed by atoms with E-state index in [2.05, 4.69) is 5.32 Å². The quantitative estimate of drug-likeness (QED) is 0.910. The molecule has 0 radical (unpaired) electrons. The summed E-state index contributed by atoms with van der Waals surface area (Å²) in [5, 5.41) is 2.70. The Morgan fingerprint density at radius 3 is 2.30 bits per heavy atom. The van der Waals surface area contributed by atoms with Crippen LogP contribution in [-0.2, 0) is 9.84 Å². The number of rotatable bonds is 3. The first kappa shape index (κ1) is 14.5. The van der Waals surface area contributed by atoms with Gasteiger partial charge < -0.3 is 11.1 Å². The summed E-state index contributed by atoms with van der Waals surface area (Å²) < 4.78 is 22.7. The Kier molecular flexibility index (Phi) is 3.82. The van der Waals surface area contributed by atoms with Gasteiger partial charge in [-0.3, -0.25) is 4.79 Å². The fourth-order valence-corrected chi connectivity index (χ4v) is 3.05. The van der Waals surface area contributed by atoms with Gasteiger partial charge in [-0.25, -0.2) is 8.42 Å². The monoisotopic (exact) mass is 310 g/mol. The third-order valence-electron chi connectivity index (χ3n) is 2.72. The summed E-state index contributed by atoms with van der Waals surface area (Å²) in [7, 11) is -3.23. The number of anilines is 2. The molecule has 0 fully saturated rings. The predicted molar refractivity (Wildman–Crippen MR) is 81.0 cm³/mol. The van der Waals surface area contributed by atoms with Crippen LogP contribution >= 0.6 is 11.3 Å². The van der Waals surface area contributed by atoms with Gasteiger partial charge in [0.1, 0.15) is 0 Å². The number of carbonyl (C=O) groups excluding carboxylic acids is 1. The van der Waals surface area contributed by atoms with E-state index in [1.807, 2.05) is 6.92 Å². The summed E-state index contributed by atoms with van der Waals surface area (Å²) in [6.07, 6.45) is 1.14. The average molecular weight is 310 g/mol. The molecule has 3 N–H and O–H groups in total. The molecule has 0 aliphatic rings. The highest BCUT2D eigenvalue weighted by Crippen LogP contribution is 2.24. The third kappa shape index (κ3) is 3.17. The molecular formula is C13H14N2O3S2. The smallest absolute Gasteiger partial charge is 0.265 e. The molecule has 0 saturated carbocycles. The number of hydrogen-bond donors (Lipinski definition) is 2. The van der Waals surface area contributed by atoms with Crippen LogP contribution in [0.1, 0.15) is 14.5 Å². The summed E-state index contributed by atoms with van der Waals surface area (Å²) in [5.41, 5.74) is 6.83. The molecule has 0 aliphatic heterocycles. The van der Waals surface area contributed by atoms with Crippen LogP contribution in [0.5, 0.6) is 0 Å². The molecule has 1 amide bonds. The highest BCUT2D eigenvalue weighted by atomic mass is 32.2. The van der Waals surface area contributed by atoms with Gasteiger partial charge in [-0.05, 0) is 37.3 Å². The maximum Gasteiger partial charge on any atom is 0.265 e. The molecule has 1 aromatic carbocycles. The lowest BCUT2D eigenvalue weighted by Crippen LogP contribution is -2.10. The topological polar surface area (TPSA) is 89.3 Å². The second kappa shape index (κ2) is 5.26. The van der Waals surface area contributed by atoms with Gasteiger partial charge in [0.05, 0.1) is 9.77 Å². The van der Waals surface area contributed by atoms with Gasteiger partial charge in [-0.2, -0.15) is 0 Å². The minimum absolute atomic E-state index is 0.215. The molecule has 2 aromatic rings. The molecule has 0 unspecified atom stereocenters. The number of sulfone groups is 1. The van der Waals surface area contributed by atoms with Gasteiger partial charge in [0.15, 0.2) is 9.84 Å². The lowest BCUT2D eigenvalue weighted by Gasteiger charge is -2.04. The van der Waals surface area contributed by atoms with E-state index in [0.29, 0.717) is 16.3 Å². The summed E-state index contributed by atoms with van der Waals surface area (Å²) >= 11 is 1.32. The van der Waals surface area contributed by atoms with Crippen molar-refractivity contribution in [1.82, 2.24) is 0 Å². The van der Waals surface area contributed by atoms with E-state index in [0.717, 1.165) is 11.1 Å². The van der Waals surface area contributed by atoms with Crippen molar-refractivity contribution in [3.63, 3.8) is 0 Å². The van der Waals surface area contributed by atoms with Gasteiger partial charge in [-0.1, -0.05) is 0 Å². The van der Waals surface area contributed by atoms with Gasteiger partial charge in [0.25, 0.3) is 5.91 Å². The molecule has 0 atom stereocenters. The summed E-state index contributed by atoms with van der Waals surface area (Å²) in [6, 6.07) is 7.65. The molecule has 5 nitrogen and oxygen atoms in total. The zero-order chi connectivity index (χ0) is 14.9. The van der Waals surface area contributed by atoms with Crippen molar-refractivity contribution < 1.29 is 13.2 Å². The number of nitrogen functional groups attached to an aromatic ring is 1. The van der Waals surface area contributed by atoms with Gasteiger partial charge in [-0.15, -0.1) is 11.3 Å². The third-order valence-corrected chi connectivity index (χ3v) is 4.91. The number of thiophene rings is 1. The van der Waals surface area contributed by atoms with Crippen LogP contribution in [-0.4, -0.2) is 20.6 Å². The zero-order valence-corrected chi connectivity index (χ0v) is 12.6. The molecule has 2 rings (SSSR count). The molecule has 0 aliphatic carbocycles. The van der Waals surface area contributed by atoms with Crippen molar-refractivity contribution in [1.29, 1.82) is 0 Å². The Morgan fingerprint density at radius 1 is 1.25 bits per heavy atom. The van der Waals surface area contributed by atoms with E-state index in [9.17, 15) is 13.2 Å². The zero-order valence-electron chi connectivity index (χ0n) is 11.0. The fraction of sp³-hybridized carbons (Fsp3) is 0.154. The van der Waals surface area contributed by atoms with Crippen molar-refractivity contribution in [3.05, 3.63) is 40.1 Å². The molecule has 1 heterocycles. The van der Waals surface area contributed by atoms with E-state index < -0.39 is 9.84 Å².